The second-order valence-corrected chi connectivity index (χ2v) is 6.99. The van der Waals surface area contributed by atoms with Crippen molar-refractivity contribution in [3.05, 3.63) is 28.7 Å². The number of sulfone groups is 1. The third kappa shape index (κ3) is 2.93. The summed E-state index contributed by atoms with van der Waals surface area (Å²) in [4.78, 5) is 0.198. The van der Waals surface area contributed by atoms with Crippen LogP contribution in [-0.4, -0.2) is 13.7 Å². The lowest BCUT2D eigenvalue weighted by Gasteiger charge is -2.19. The first-order valence-corrected chi connectivity index (χ1v) is 8.21. The Hall–Kier alpha value is -0.860. The largest absolute Gasteiger partial charge is 0.222 e. The molecule has 0 aliphatic carbocycles. The molecule has 0 saturated heterocycles. The monoisotopic (exact) mass is 329 g/mol. The van der Waals surface area contributed by atoms with Gasteiger partial charge >= 0.3 is 0 Å². The first-order valence-electron chi connectivity index (χ1n) is 5.87. The Balaban J connectivity index is 3.29. The molecule has 0 N–H and O–H groups in total. The zero-order valence-corrected chi connectivity index (χ0v) is 12.8. The molecule has 1 aromatic rings. The highest BCUT2D eigenvalue weighted by atomic mass is 79.9. The minimum absolute atomic E-state index is 0.132. The van der Waals surface area contributed by atoms with Crippen molar-refractivity contribution in [1.29, 1.82) is 5.26 Å². The van der Waals surface area contributed by atoms with Crippen LogP contribution in [0.4, 0.5) is 0 Å². The lowest BCUT2D eigenvalue weighted by Crippen LogP contribution is -2.28. The lowest BCUT2D eigenvalue weighted by atomic mass is 10.0. The molecule has 1 rings (SSSR count). The summed E-state index contributed by atoms with van der Waals surface area (Å²) in [5.41, 5.74) is 0. The van der Waals surface area contributed by atoms with Crippen molar-refractivity contribution >= 4 is 25.8 Å². The second kappa shape index (κ2) is 6.35. The van der Waals surface area contributed by atoms with Gasteiger partial charge in [0.1, 0.15) is 0 Å². The molecule has 1 unspecified atom stereocenters. The van der Waals surface area contributed by atoms with Crippen molar-refractivity contribution in [3.8, 4) is 6.07 Å². The van der Waals surface area contributed by atoms with Gasteiger partial charge in [0.2, 0.25) is 0 Å². The van der Waals surface area contributed by atoms with Crippen LogP contribution in [0.15, 0.2) is 33.6 Å². The van der Waals surface area contributed by atoms with Gasteiger partial charge in [-0.3, -0.25) is 0 Å². The Morgan fingerprint density at radius 2 is 1.83 bits per heavy atom. The van der Waals surface area contributed by atoms with Crippen LogP contribution in [0.3, 0.4) is 0 Å². The molecule has 0 amide bonds. The van der Waals surface area contributed by atoms with E-state index in [0.717, 1.165) is 0 Å². The van der Waals surface area contributed by atoms with Crippen LogP contribution in [0.5, 0.6) is 0 Å². The van der Waals surface area contributed by atoms with E-state index in [2.05, 4.69) is 15.9 Å². The van der Waals surface area contributed by atoms with E-state index in [1.165, 1.54) is 6.07 Å². The van der Waals surface area contributed by atoms with E-state index >= 15 is 0 Å². The third-order valence-electron chi connectivity index (χ3n) is 3.08. The van der Waals surface area contributed by atoms with Crippen molar-refractivity contribution < 1.29 is 8.42 Å². The number of rotatable bonds is 5. The molecule has 0 radical (unpaired) electrons. The number of benzene rings is 1. The first-order chi connectivity index (χ1) is 8.48. The Bertz CT molecular complexity index is 544. The molecule has 5 heteroatoms. The van der Waals surface area contributed by atoms with Gasteiger partial charge in [0, 0.05) is 4.47 Å². The Morgan fingerprint density at radius 3 is 2.28 bits per heavy atom. The zero-order chi connectivity index (χ0) is 13.8. The molecule has 3 nitrogen and oxygen atoms in total. The van der Waals surface area contributed by atoms with Gasteiger partial charge in [0.15, 0.2) is 15.1 Å². The van der Waals surface area contributed by atoms with Gasteiger partial charge in [-0.1, -0.05) is 38.8 Å². The molecular formula is C13H16BrNO2S. The van der Waals surface area contributed by atoms with E-state index in [0.29, 0.717) is 17.3 Å². The van der Waals surface area contributed by atoms with Gasteiger partial charge in [0.25, 0.3) is 0 Å². The SMILES string of the molecule is CCC(CC)C(C#N)S(=O)(=O)c1ccccc1Br. The second-order valence-electron chi connectivity index (χ2n) is 4.10. The van der Waals surface area contributed by atoms with Crippen molar-refractivity contribution in [2.75, 3.05) is 0 Å². The summed E-state index contributed by atoms with van der Waals surface area (Å²) in [5.74, 6) is -0.132. The molecule has 0 saturated carbocycles. The van der Waals surface area contributed by atoms with E-state index in [1.807, 2.05) is 19.9 Å². The molecule has 98 valence electrons. The van der Waals surface area contributed by atoms with Crippen LogP contribution >= 0.6 is 15.9 Å². The Labute approximate surface area is 117 Å². The maximum atomic E-state index is 12.5. The molecule has 18 heavy (non-hydrogen) atoms. The summed E-state index contributed by atoms with van der Waals surface area (Å²) in [6.45, 7) is 3.82. The minimum atomic E-state index is -3.61. The molecule has 0 fully saturated rings. The third-order valence-corrected chi connectivity index (χ3v) is 6.16. The first kappa shape index (κ1) is 15.2. The van der Waals surface area contributed by atoms with E-state index in [4.69, 9.17) is 0 Å². The van der Waals surface area contributed by atoms with Crippen molar-refractivity contribution in [2.24, 2.45) is 5.92 Å². The standard InChI is InChI=1S/C13H16BrNO2S/c1-3-10(4-2)13(9-15)18(16,17)12-8-6-5-7-11(12)14/h5-8,10,13H,3-4H2,1-2H3. The fourth-order valence-corrected chi connectivity index (χ4v) is 4.83. The van der Waals surface area contributed by atoms with Gasteiger partial charge in [0.05, 0.1) is 11.0 Å². The smallest absolute Gasteiger partial charge is 0.195 e. The van der Waals surface area contributed by atoms with Gasteiger partial charge in [-0.25, -0.2) is 8.42 Å². The van der Waals surface area contributed by atoms with Crippen LogP contribution < -0.4 is 0 Å². The number of halogens is 1. The van der Waals surface area contributed by atoms with E-state index in [1.54, 1.807) is 18.2 Å². The number of nitrogens with zero attached hydrogens (tertiary/aromatic N) is 1. The van der Waals surface area contributed by atoms with Gasteiger partial charge < -0.3 is 0 Å². The summed E-state index contributed by atoms with van der Waals surface area (Å²) in [7, 11) is -3.61. The topological polar surface area (TPSA) is 57.9 Å². The maximum Gasteiger partial charge on any atom is 0.195 e. The van der Waals surface area contributed by atoms with E-state index in [9.17, 15) is 13.7 Å². The Kier molecular flexibility index (Phi) is 5.36. The lowest BCUT2D eigenvalue weighted by molar-refractivity contribution is 0.486. The average Bonchev–Trinajstić information content (AvgIpc) is 2.35. The van der Waals surface area contributed by atoms with E-state index < -0.39 is 15.1 Å². The molecule has 0 spiro atoms. The summed E-state index contributed by atoms with van der Waals surface area (Å²) in [6.07, 6.45) is 1.36. The normalized spacial score (nSPS) is 13.3. The highest BCUT2D eigenvalue weighted by molar-refractivity contribution is 9.10. The van der Waals surface area contributed by atoms with Crippen molar-refractivity contribution in [2.45, 2.75) is 36.8 Å². The molecule has 0 heterocycles. The summed E-state index contributed by atoms with van der Waals surface area (Å²) in [6, 6.07) is 8.59. The maximum absolute atomic E-state index is 12.5. The van der Waals surface area contributed by atoms with Gasteiger partial charge in [-0.2, -0.15) is 5.26 Å². The molecular weight excluding hydrogens is 314 g/mol. The fraction of sp³-hybridized carbons (Fsp3) is 0.462. The Morgan fingerprint density at radius 1 is 1.28 bits per heavy atom. The number of hydrogen-bond donors (Lipinski definition) is 0. The van der Waals surface area contributed by atoms with Gasteiger partial charge in [-0.15, -0.1) is 0 Å². The van der Waals surface area contributed by atoms with Crippen LogP contribution in [0, 0.1) is 17.2 Å². The number of hydrogen-bond acceptors (Lipinski definition) is 3. The van der Waals surface area contributed by atoms with Crippen LogP contribution in [0.25, 0.3) is 0 Å². The van der Waals surface area contributed by atoms with Crippen molar-refractivity contribution in [3.63, 3.8) is 0 Å². The van der Waals surface area contributed by atoms with Crippen molar-refractivity contribution in [1.82, 2.24) is 0 Å². The fourth-order valence-electron chi connectivity index (χ4n) is 1.96. The summed E-state index contributed by atoms with van der Waals surface area (Å²) < 4.78 is 25.5. The predicted molar refractivity (Wildman–Crippen MR) is 74.8 cm³/mol. The van der Waals surface area contributed by atoms with Crippen LogP contribution in [0.2, 0.25) is 0 Å². The molecule has 1 atom stereocenters. The summed E-state index contributed by atoms with van der Waals surface area (Å²) in [5, 5.41) is 8.22. The number of nitriles is 1. The molecule has 0 aliphatic rings. The van der Waals surface area contributed by atoms with Gasteiger partial charge in [-0.05, 0) is 34.0 Å². The average molecular weight is 330 g/mol. The molecule has 0 aromatic heterocycles. The summed E-state index contributed by atoms with van der Waals surface area (Å²) >= 11 is 3.23. The molecule has 0 bridgehead atoms. The van der Waals surface area contributed by atoms with E-state index in [-0.39, 0.29) is 10.8 Å². The van der Waals surface area contributed by atoms with Crippen LogP contribution in [0.1, 0.15) is 26.7 Å². The minimum Gasteiger partial charge on any atom is -0.222 e. The zero-order valence-electron chi connectivity index (χ0n) is 10.4. The molecule has 1 aromatic carbocycles. The quantitative estimate of drug-likeness (QED) is 0.829. The highest BCUT2D eigenvalue weighted by Crippen LogP contribution is 2.29. The highest BCUT2D eigenvalue weighted by Gasteiger charge is 2.34. The van der Waals surface area contributed by atoms with Crippen LogP contribution in [-0.2, 0) is 9.84 Å². The molecule has 0 aliphatic heterocycles. The predicted octanol–water partition coefficient (Wildman–Crippen LogP) is 3.55.